The molecule has 0 saturated heterocycles. The lowest BCUT2D eigenvalue weighted by molar-refractivity contribution is -0.0311. The Morgan fingerprint density at radius 2 is 2.22 bits per heavy atom. The number of fused-ring (bicyclic) bond motifs is 1. The van der Waals surface area contributed by atoms with Crippen LogP contribution in [-0.2, 0) is 4.74 Å². The molecule has 1 N–H and O–H groups in total. The average molecular weight is 315 g/mol. The van der Waals surface area contributed by atoms with Gasteiger partial charge in [-0.1, -0.05) is 15.9 Å². The summed E-state index contributed by atoms with van der Waals surface area (Å²) in [4.78, 5) is 0. The number of ether oxygens (including phenoxy) is 2. The van der Waals surface area contributed by atoms with Crippen LogP contribution in [0.1, 0.15) is 38.4 Å². The zero-order chi connectivity index (χ0) is 13.3. The summed E-state index contributed by atoms with van der Waals surface area (Å²) < 4.78 is 12.3. The minimum absolute atomic E-state index is 0.0105. The molecule has 0 saturated carbocycles. The van der Waals surface area contributed by atoms with Crippen molar-refractivity contribution in [3.63, 3.8) is 0 Å². The first-order valence-corrected chi connectivity index (χ1v) is 6.90. The molecule has 100 valence electrons. The number of benzene rings is 1. The van der Waals surface area contributed by atoms with Crippen LogP contribution in [0.2, 0.25) is 0 Å². The van der Waals surface area contributed by atoms with Crippen LogP contribution in [0.5, 0.6) is 5.75 Å². The summed E-state index contributed by atoms with van der Waals surface area (Å²) in [7, 11) is 1.70. The summed E-state index contributed by atoms with van der Waals surface area (Å²) in [5, 5.41) is 10.2. The van der Waals surface area contributed by atoms with Gasteiger partial charge >= 0.3 is 0 Å². The lowest BCUT2D eigenvalue weighted by Gasteiger charge is -2.34. The maximum atomic E-state index is 10.2. The number of methoxy groups -OCH3 is 1. The van der Waals surface area contributed by atoms with E-state index in [0.717, 1.165) is 22.2 Å². The molecule has 1 aliphatic heterocycles. The molecule has 0 spiro atoms. The van der Waals surface area contributed by atoms with Gasteiger partial charge < -0.3 is 14.6 Å². The Kier molecular flexibility index (Phi) is 3.99. The Labute approximate surface area is 116 Å². The molecular weight excluding hydrogens is 296 g/mol. The highest BCUT2D eigenvalue weighted by Gasteiger charge is 2.31. The first-order valence-electron chi connectivity index (χ1n) is 6.10. The summed E-state index contributed by atoms with van der Waals surface area (Å²) in [5.41, 5.74) is 0.618. The topological polar surface area (TPSA) is 38.7 Å². The first-order chi connectivity index (χ1) is 8.41. The molecule has 1 unspecified atom stereocenters. The van der Waals surface area contributed by atoms with Crippen molar-refractivity contribution in [3.05, 3.63) is 28.2 Å². The third kappa shape index (κ3) is 3.05. The number of hydrogen-bond donors (Lipinski definition) is 1. The van der Waals surface area contributed by atoms with Gasteiger partial charge in [-0.05, 0) is 32.0 Å². The van der Waals surface area contributed by atoms with E-state index in [2.05, 4.69) is 15.9 Å². The van der Waals surface area contributed by atoms with E-state index in [0.29, 0.717) is 6.42 Å². The Morgan fingerprint density at radius 3 is 2.89 bits per heavy atom. The second-order valence-corrected chi connectivity index (χ2v) is 6.26. The second kappa shape index (κ2) is 5.19. The Morgan fingerprint density at radius 1 is 1.50 bits per heavy atom. The normalized spacial score (nSPS) is 23.4. The number of rotatable bonds is 3. The van der Waals surface area contributed by atoms with Gasteiger partial charge in [0.2, 0.25) is 0 Å². The molecule has 0 radical (unpaired) electrons. The molecule has 1 heterocycles. The fraction of sp³-hybridized carbons (Fsp3) is 0.571. The predicted molar refractivity (Wildman–Crippen MR) is 73.8 cm³/mol. The highest BCUT2D eigenvalue weighted by molar-refractivity contribution is 9.10. The van der Waals surface area contributed by atoms with Gasteiger partial charge in [0.25, 0.3) is 0 Å². The predicted octanol–water partition coefficient (Wildman–Crippen LogP) is 3.45. The minimum Gasteiger partial charge on any atom is -0.490 e. The second-order valence-electron chi connectivity index (χ2n) is 5.34. The van der Waals surface area contributed by atoms with Crippen LogP contribution in [0.15, 0.2) is 22.7 Å². The zero-order valence-electron chi connectivity index (χ0n) is 10.9. The smallest absolute Gasteiger partial charge is 0.125 e. The number of aliphatic hydroxyl groups excluding tert-OH is 1. The highest BCUT2D eigenvalue weighted by atomic mass is 79.9. The molecule has 3 nitrogen and oxygen atoms in total. The van der Waals surface area contributed by atoms with Crippen molar-refractivity contribution in [3.8, 4) is 5.75 Å². The summed E-state index contributed by atoms with van der Waals surface area (Å²) >= 11 is 3.41. The molecule has 1 aromatic rings. The summed E-state index contributed by atoms with van der Waals surface area (Å²) in [6.45, 7) is 4.06. The molecule has 1 aromatic carbocycles. The van der Waals surface area contributed by atoms with E-state index < -0.39 is 6.10 Å². The summed E-state index contributed by atoms with van der Waals surface area (Å²) in [6.07, 6.45) is 0.888. The largest absolute Gasteiger partial charge is 0.490 e. The number of halogens is 1. The van der Waals surface area contributed by atoms with Crippen LogP contribution in [0.3, 0.4) is 0 Å². The van der Waals surface area contributed by atoms with Crippen molar-refractivity contribution in [2.75, 3.05) is 7.11 Å². The van der Waals surface area contributed by atoms with Gasteiger partial charge in [0.05, 0.1) is 11.7 Å². The van der Waals surface area contributed by atoms with Crippen molar-refractivity contribution in [2.45, 2.75) is 44.5 Å². The van der Waals surface area contributed by atoms with Gasteiger partial charge in [-0.25, -0.2) is 0 Å². The third-order valence-corrected chi connectivity index (χ3v) is 3.88. The number of aliphatic hydroxyl groups is 1. The fourth-order valence-electron chi connectivity index (χ4n) is 2.25. The van der Waals surface area contributed by atoms with E-state index in [-0.39, 0.29) is 11.7 Å². The van der Waals surface area contributed by atoms with Crippen molar-refractivity contribution >= 4 is 15.9 Å². The molecule has 0 amide bonds. The van der Waals surface area contributed by atoms with Gasteiger partial charge in [0, 0.05) is 30.0 Å². The first kappa shape index (κ1) is 13.8. The molecule has 4 heteroatoms. The summed E-state index contributed by atoms with van der Waals surface area (Å²) in [5.74, 6) is 0.772. The molecule has 2 rings (SSSR count). The third-order valence-electron chi connectivity index (χ3n) is 3.38. The molecule has 1 aliphatic rings. The maximum Gasteiger partial charge on any atom is 0.125 e. The van der Waals surface area contributed by atoms with Crippen molar-refractivity contribution in [1.82, 2.24) is 0 Å². The van der Waals surface area contributed by atoms with Crippen LogP contribution in [0.25, 0.3) is 0 Å². The van der Waals surface area contributed by atoms with Gasteiger partial charge in [0.15, 0.2) is 0 Å². The molecule has 2 atom stereocenters. The average Bonchev–Trinajstić information content (AvgIpc) is 2.30. The minimum atomic E-state index is -0.469. The Balaban J connectivity index is 2.16. The molecular formula is C14H19BrO3. The SMILES string of the molecule is COC(C)(C)CC1C[C@H](O)c2cc(Br)ccc2O1. The molecule has 0 bridgehead atoms. The lowest BCUT2D eigenvalue weighted by Crippen LogP contribution is -2.35. The van der Waals surface area contributed by atoms with Crippen molar-refractivity contribution in [1.29, 1.82) is 0 Å². The standard InChI is InChI=1S/C14H19BrO3/c1-14(2,17-3)8-10-7-12(16)11-6-9(15)4-5-13(11)18-10/h4-6,10,12,16H,7-8H2,1-3H3/t10?,12-/m0/s1. The van der Waals surface area contributed by atoms with E-state index in [1.165, 1.54) is 0 Å². The van der Waals surface area contributed by atoms with Crippen LogP contribution in [0, 0.1) is 0 Å². The van der Waals surface area contributed by atoms with Gasteiger partial charge in [0.1, 0.15) is 11.9 Å². The molecule has 0 aliphatic carbocycles. The fourth-order valence-corrected chi connectivity index (χ4v) is 2.63. The van der Waals surface area contributed by atoms with E-state index in [1.54, 1.807) is 7.11 Å². The monoisotopic (exact) mass is 314 g/mol. The maximum absolute atomic E-state index is 10.2. The molecule has 0 fully saturated rings. The van der Waals surface area contributed by atoms with E-state index >= 15 is 0 Å². The van der Waals surface area contributed by atoms with E-state index in [9.17, 15) is 5.11 Å². The molecule has 18 heavy (non-hydrogen) atoms. The van der Waals surface area contributed by atoms with Crippen LogP contribution < -0.4 is 4.74 Å². The Hall–Kier alpha value is -0.580. The zero-order valence-corrected chi connectivity index (χ0v) is 12.5. The van der Waals surface area contributed by atoms with Gasteiger partial charge in [-0.3, -0.25) is 0 Å². The Bertz CT molecular complexity index is 431. The van der Waals surface area contributed by atoms with Gasteiger partial charge in [-0.2, -0.15) is 0 Å². The van der Waals surface area contributed by atoms with Crippen LogP contribution >= 0.6 is 15.9 Å². The van der Waals surface area contributed by atoms with E-state index in [4.69, 9.17) is 9.47 Å². The lowest BCUT2D eigenvalue weighted by atomic mass is 9.92. The quantitative estimate of drug-likeness (QED) is 0.928. The van der Waals surface area contributed by atoms with Gasteiger partial charge in [-0.15, -0.1) is 0 Å². The summed E-state index contributed by atoms with van der Waals surface area (Å²) in [6, 6.07) is 5.74. The van der Waals surface area contributed by atoms with Crippen molar-refractivity contribution < 1.29 is 14.6 Å². The number of hydrogen-bond acceptors (Lipinski definition) is 3. The van der Waals surface area contributed by atoms with E-state index in [1.807, 2.05) is 32.0 Å². The highest BCUT2D eigenvalue weighted by Crippen LogP contribution is 2.38. The van der Waals surface area contributed by atoms with Crippen LogP contribution in [-0.4, -0.2) is 23.9 Å². The van der Waals surface area contributed by atoms with Crippen LogP contribution in [0.4, 0.5) is 0 Å². The van der Waals surface area contributed by atoms with Crippen molar-refractivity contribution in [2.24, 2.45) is 0 Å². The molecule has 0 aromatic heterocycles.